The minimum Gasteiger partial charge on any atom is -0.396 e. The molecule has 0 aliphatic rings. The molecule has 140 valence electrons. The van der Waals surface area contributed by atoms with Crippen LogP contribution in [0.3, 0.4) is 0 Å². The van der Waals surface area contributed by atoms with Gasteiger partial charge >= 0.3 is 0 Å². The molecule has 0 aromatic rings. The van der Waals surface area contributed by atoms with E-state index >= 15 is 0 Å². The summed E-state index contributed by atoms with van der Waals surface area (Å²) >= 11 is 0. The second kappa shape index (κ2) is 38.0. The van der Waals surface area contributed by atoms with Gasteiger partial charge in [0.15, 0.2) is 0 Å². The molecule has 0 aliphatic heterocycles. The molecule has 0 saturated heterocycles. The van der Waals surface area contributed by atoms with E-state index in [1.54, 1.807) is 0 Å². The number of carbonyl (C=O) groups is 2. The van der Waals surface area contributed by atoms with Crippen molar-refractivity contribution in [3.8, 4) is 0 Å². The summed E-state index contributed by atoms with van der Waals surface area (Å²) in [5.74, 6) is -0.125. The number of aliphatic hydroxyl groups excluding tert-OH is 3. The molecule has 0 aromatic heterocycles. The monoisotopic (exact) mass is 412 g/mol. The maximum atomic E-state index is 10.0. The number of Topliss-reactive ketones (excluding diaryl/α,β-unsaturated/α-hetero) is 2. The molecule has 0 unspecified atom stereocenters. The minimum atomic E-state index is -0.0625. The van der Waals surface area contributed by atoms with Gasteiger partial charge < -0.3 is 15.3 Å². The average molecular weight is 414 g/mol. The van der Waals surface area contributed by atoms with E-state index in [9.17, 15) is 9.59 Å². The van der Waals surface area contributed by atoms with E-state index < -0.39 is 0 Å². The van der Waals surface area contributed by atoms with E-state index in [4.69, 9.17) is 15.3 Å². The number of ketones is 2. The zero-order valence-corrected chi connectivity index (χ0v) is 18.2. The molecule has 5 nitrogen and oxygen atoms in total. The van der Waals surface area contributed by atoms with Crippen molar-refractivity contribution >= 4 is 11.6 Å². The van der Waals surface area contributed by atoms with Gasteiger partial charge in [-0.05, 0) is 33.1 Å². The Morgan fingerprint density at radius 2 is 0.870 bits per heavy atom. The van der Waals surface area contributed by atoms with E-state index in [0.29, 0.717) is 19.8 Å². The van der Waals surface area contributed by atoms with Crippen molar-refractivity contribution in [3.05, 3.63) is 0 Å². The summed E-state index contributed by atoms with van der Waals surface area (Å²) in [6, 6.07) is 0. The SMILES string of the molecule is CC(=O)CC(C)=O.CCCCO.CCCCO.CCCCO.[Zr]. The Kier molecular flexibility index (Phi) is 56.8. The zero-order valence-electron chi connectivity index (χ0n) is 15.7. The third-order valence-corrected chi connectivity index (χ3v) is 2.03. The first-order chi connectivity index (χ1) is 10.4. The molecule has 6 heteroatoms. The Morgan fingerprint density at radius 3 is 0.870 bits per heavy atom. The molecule has 0 aliphatic carbocycles. The van der Waals surface area contributed by atoms with Crippen LogP contribution in [0, 0.1) is 0 Å². The molecule has 3 N–H and O–H groups in total. The van der Waals surface area contributed by atoms with Crippen LogP contribution in [0.25, 0.3) is 0 Å². The molecule has 0 aromatic carbocycles. The van der Waals surface area contributed by atoms with Crippen LogP contribution in [0.2, 0.25) is 0 Å². The molecular formula is C17H38O5Zr. The Bertz CT molecular complexity index is 179. The fourth-order valence-electron chi connectivity index (χ4n) is 0.825. The van der Waals surface area contributed by atoms with Crippen LogP contribution >= 0.6 is 0 Å². The summed E-state index contributed by atoms with van der Waals surface area (Å²) in [4.78, 5) is 20.1. The molecule has 0 saturated carbocycles. The molecule has 23 heavy (non-hydrogen) atoms. The topological polar surface area (TPSA) is 94.8 Å². The Morgan fingerprint density at radius 1 is 0.652 bits per heavy atom. The van der Waals surface area contributed by atoms with Crippen molar-refractivity contribution in [2.45, 2.75) is 79.6 Å². The quantitative estimate of drug-likeness (QED) is 0.532. The summed E-state index contributed by atoms with van der Waals surface area (Å²) in [6.07, 6.45) is 6.20. The standard InChI is InChI=1S/C5H8O2.3C4H10O.Zr/c1-4(6)3-5(2)7;3*1-2-3-4-5;/h3H2,1-2H3;3*5H,2-4H2,1H3;. The normalized spacial score (nSPS) is 8.00. The first-order valence-electron chi connectivity index (χ1n) is 8.19. The van der Waals surface area contributed by atoms with Gasteiger partial charge in [0, 0.05) is 46.0 Å². The van der Waals surface area contributed by atoms with Crippen molar-refractivity contribution in [3.63, 3.8) is 0 Å². The van der Waals surface area contributed by atoms with Crippen LogP contribution in [-0.4, -0.2) is 46.7 Å². The third-order valence-electron chi connectivity index (χ3n) is 2.03. The van der Waals surface area contributed by atoms with Gasteiger partial charge in [-0.25, -0.2) is 0 Å². The maximum absolute atomic E-state index is 10.0. The second-order valence-electron chi connectivity index (χ2n) is 4.81. The summed E-state index contributed by atoms with van der Waals surface area (Å²) in [6.45, 7) is 9.99. The van der Waals surface area contributed by atoms with Gasteiger partial charge in [-0.3, -0.25) is 9.59 Å². The van der Waals surface area contributed by atoms with E-state index in [-0.39, 0.29) is 44.2 Å². The minimum absolute atomic E-state index is 0. The molecule has 0 atom stereocenters. The molecule has 0 fully saturated rings. The van der Waals surface area contributed by atoms with Crippen LogP contribution in [0.1, 0.15) is 79.6 Å². The molecular weight excluding hydrogens is 375 g/mol. The Hall–Kier alpha value is 0.103. The predicted molar refractivity (Wildman–Crippen MR) is 92.0 cm³/mol. The largest absolute Gasteiger partial charge is 0.396 e. The van der Waals surface area contributed by atoms with Gasteiger partial charge in [-0.15, -0.1) is 0 Å². The number of rotatable bonds is 8. The predicted octanol–water partition coefficient (Wildman–Crippen LogP) is 2.89. The van der Waals surface area contributed by atoms with E-state index in [2.05, 4.69) is 20.8 Å². The number of hydrogen-bond acceptors (Lipinski definition) is 5. The van der Waals surface area contributed by atoms with E-state index in [1.165, 1.54) is 13.8 Å². The molecule has 0 radical (unpaired) electrons. The van der Waals surface area contributed by atoms with Crippen molar-refractivity contribution in [2.75, 3.05) is 19.8 Å². The first kappa shape index (κ1) is 34.4. The first-order valence-corrected chi connectivity index (χ1v) is 8.19. The van der Waals surface area contributed by atoms with E-state index in [1.807, 2.05) is 0 Å². The van der Waals surface area contributed by atoms with Gasteiger partial charge in [0.25, 0.3) is 0 Å². The van der Waals surface area contributed by atoms with Crippen LogP contribution in [0.4, 0.5) is 0 Å². The molecule has 0 amide bonds. The fraction of sp³-hybridized carbons (Fsp3) is 0.882. The third kappa shape index (κ3) is 87.5. The number of unbranched alkanes of at least 4 members (excludes halogenated alkanes) is 3. The number of aliphatic hydroxyl groups is 3. The van der Waals surface area contributed by atoms with Crippen molar-refractivity contribution < 1.29 is 51.1 Å². The average Bonchev–Trinajstić information content (AvgIpc) is 2.42. The number of hydrogen-bond donors (Lipinski definition) is 3. The van der Waals surface area contributed by atoms with Gasteiger partial charge in [-0.1, -0.05) is 40.0 Å². The van der Waals surface area contributed by atoms with E-state index in [0.717, 1.165) is 38.5 Å². The molecule has 0 spiro atoms. The van der Waals surface area contributed by atoms with Gasteiger partial charge in [-0.2, -0.15) is 0 Å². The summed E-state index contributed by atoms with van der Waals surface area (Å²) in [5, 5.41) is 24.2. The van der Waals surface area contributed by atoms with Crippen LogP contribution in [-0.2, 0) is 35.8 Å². The summed E-state index contributed by atoms with van der Waals surface area (Å²) in [7, 11) is 0. The number of carbonyl (C=O) groups excluding carboxylic acids is 2. The molecule has 0 bridgehead atoms. The Balaban J connectivity index is -0.0000000625. The smallest absolute Gasteiger partial charge is 0.137 e. The molecule has 0 rings (SSSR count). The van der Waals surface area contributed by atoms with Gasteiger partial charge in [0.1, 0.15) is 11.6 Å². The maximum Gasteiger partial charge on any atom is 0.137 e. The second-order valence-corrected chi connectivity index (χ2v) is 4.81. The van der Waals surface area contributed by atoms with Crippen molar-refractivity contribution in [1.82, 2.24) is 0 Å². The van der Waals surface area contributed by atoms with Gasteiger partial charge in [0.2, 0.25) is 0 Å². The van der Waals surface area contributed by atoms with Gasteiger partial charge in [0.05, 0.1) is 6.42 Å². The zero-order chi connectivity index (χ0) is 18.2. The van der Waals surface area contributed by atoms with Crippen molar-refractivity contribution in [2.24, 2.45) is 0 Å². The van der Waals surface area contributed by atoms with Crippen LogP contribution < -0.4 is 0 Å². The molecule has 0 heterocycles. The Labute approximate surface area is 162 Å². The van der Waals surface area contributed by atoms with Crippen LogP contribution in [0.15, 0.2) is 0 Å². The summed E-state index contributed by atoms with van der Waals surface area (Å²) < 4.78 is 0. The van der Waals surface area contributed by atoms with Crippen molar-refractivity contribution in [1.29, 1.82) is 0 Å². The fourth-order valence-corrected chi connectivity index (χ4v) is 0.825. The van der Waals surface area contributed by atoms with Crippen LogP contribution in [0.5, 0.6) is 0 Å². The summed E-state index contributed by atoms with van der Waals surface area (Å²) in [5.41, 5.74) is 0.